The third kappa shape index (κ3) is 3.84. The fourth-order valence-corrected chi connectivity index (χ4v) is 4.61. The number of methoxy groups -OCH3 is 2. The number of carbonyl (C=O) groups is 2. The number of nitrogens with one attached hydrogen (secondary N) is 1. The van der Waals surface area contributed by atoms with Gasteiger partial charge in [0.05, 0.1) is 19.8 Å². The Morgan fingerprint density at radius 2 is 1.77 bits per heavy atom. The first-order valence-electron chi connectivity index (χ1n) is 6.59. The fourth-order valence-electron chi connectivity index (χ4n) is 1.75. The minimum atomic E-state index is -3.90. The molecular weight excluding hydrogens is 330 g/mol. The Bertz CT molecular complexity index is 662. The van der Waals surface area contributed by atoms with Gasteiger partial charge in [-0.3, -0.25) is 0 Å². The third-order valence-electron chi connectivity index (χ3n) is 2.94. The Morgan fingerprint density at radius 3 is 2.27 bits per heavy atom. The first kappa shape index (κ1) is 18.6. The number of carbonyl (C=O) groups excluding carboxylic acids is 2. The molecule has 124 valence electrons. The van der Waals surface area contributed by atoms with Crippen LogP contribution in [0.4, 0.5) is 0 Å². The zero-order chi connectivity index (χ0) is 16.9. The van der Waals surface area contributed by atoms with E-state index in [1.807, 2.05) is 6.92 Å². The summed E-state index contributed by atoms with van der Waals surface area (Å²) in [6.45, 7) is 3.67. The molecule has 0 aliphatic heterocycles. The predicted molar refractivity (Wildman–Crippen MR) is 81.8 cm³/mol. The molecule has 1 rings (SSSR count). The number of ether oxygens (including phenoxy) is 2. The van der Waals surface area contributed by atoms with E-state index >= 15 is 0 Å². The van der Waals surface area contributed by atoms with Crippen LogP contribution in [-0.4, -0.2) is 41.1 Å². The van der Waals surface area contributed by atoms with Crippen LogP contribution in [0.3, 0.4) is 0 Å². The Morgan fingerprint density at radius 1 is 1.18 bits per heavy atom. The second kappa shape index (κ2) is 7.70. The monoisotopic (exact) mass is 349 g/mol. The number of hydrogen-bond acceptors (Lipinski definition) is 7. The highest BCUT2D eigenvalue weighted by atomic mass is 32.2. The average molecular weight is 349 g/mol. The number of thiophene rings is 1. The molecular formula is C13H19NO6S2. The van der Waals surface area contributed by atoms with E-state index < -0.39 is 22.0 Å². The van der Waals surface area contributed by atoms with Gasteiger partial charge in [-0.05, 0) is 18.9 Å². The molecule has 0 atom stereocenters. The summed E-state index contributed by atoms with van der Waals surface area (Å²) < 4.78 is 36.2. The Balaban J connectivity index is 3.39. The Kier molecular flexibility index (Phi) is 6.51. The predicted octanol–water partition coefficient (Wildman–Crippen LogP) is 1.71. The van der Waals surface area contributed by atoms with Gasteiger partial charge in [-0.1, -0.05) is 13.3 Å². The molecule has 0 saturated carbocycles. The second-order valence-corrected chi connectivity index (χ2v) is 7.44. The summed E-state index contributed by atoms with van der Waals surface area (Å²) in [6.07, 6.45) is 1.49. The van der Waals surface area contributed by atoms with Gasteiger partial charge in [-0.15, -0.1) is 11.3 Å². The van der Waals surface area contributed by atoms with E-state index in [1.54, 1.807) is 0 Å². The molecule has 1 aromatic rings. The average Bonchev–Trinajstić information content (AvgIpc) is 2.84. The maximum Gasteiger partial charge on any atom is 0.348 e. The number of unbranched alkanes of at least 4 members (excludes halogenated alkanes) is 1. The van der Waals surface area contributed by atoms with Gasteiger partial charge in [0.15, 0.2) is 4.21 Å². The van der Waals surface area contributed by atoms with E-state index in [0.717, 1.165) is 13.5 Å². The highest BCUT2D eigenvalue weighted by Crippen LogP contribution is 2.33. The van der Waals surface area contributed by atoms with Crippen LogP contribution in [-0.2, 0) is 19.5 Å². The molecule has 1 heterocycles. The van der Waals surface area contributed by atoms with Crippen molar-refractivity contribution in [3.05, 3.63) is 16.0 Å². The Labute approximate surface area is 133 Å². The van der Waals surface area contributed by atoms with Crippen LogP contribution in [0.2, 0.25) is 0 Å². The SMILES string of the molecule is CCCCNS(=O)(=O)c1sc(C(=O)OC)c(C)c1C(=O)OC. The van der Waals surface area contributed by atoms with Gasteiger partial charge >= 0.3 is 11.9 Å². The van der Waals surface area contributed by atoms with Crippen LogP contribution in [0.5, 0.6) is 0 Å². The molecule has 0 unspecified atom stereocenters. The second-order valence-electron chi connectivity index (χ2n) is 4.45. The summed E-state index contributed by atoms with van der Waals surface area (Å²) in [6, 6.07) is 0. The molecule has 22 heavy (non-hydrogen) atoms. The zero-order valence-corrected chi connectivity index (χ0v) is 14.5. The first-order chi connectivity index (χ1) is 10.3. The highest BCUT2D eigenvalue weighted by molar-refractivity contribution is 7.91. The molecule has 0 bridgehead atoms. The van der Waals surface area contributed by atoms with Crippen LogP contribution < -0.4 is 4.72 Å². The smallest absolute Gasteiger partial charge is 0.348 e. The number of sulfonamides is 1. The number of esters is 2. The molecule has 1 N–H and O–H groups in total. The van der Waals surface area contributed by atoms with Gasteiger partial charge < -0.3 is 9.47 Å². The van der Waals surface area contributed by atoms with E-state index in [4.69, 9.17) is 0 Å². The lowest BCUT2D eigenvalue weighted by Gasteiger charge is -2.06. The summed E-state index contributed by atoms with van der Waals surface area (Å²) in [7, 11) is -1.56. The molecule has 0 aliphatic carbocycles. The van der Waals surface area contributed by atoms with Crippen LogP contribution >= 0.6 is 11.3 Å². The van der Waals surface area contributed by atoms with E-state index in [2.05, 4.69) is 14.2 Å². The molecule has 7 nitrogen and oxygen atoms in total. The lowest BCUT2D eigenvalue weighted by molar-refractivity contribution is 0.0596. The van der Waals surface area contributed by atoms with Crippen molar-refractivity contribution in [3.63, 3.8) is 0 Å². The fraction of sp³-hybridized carbons (Fsp3) is 0.538. The summed E-state index contributed by atoms with van der Waals surface area (Å²) in [5.74, 6) is -1.50. The van der Waals surface area contributed by atoms with Gasteiger partial charge in [0.25, 0.3) is 10.0 Å². The minimum Gasteiger partial charge on any atom is -0.465 e. The summed E-state index contributed by atoms with van der Waals surface area (Å²) in [5, 5.41) is 0. The van der Waals surface area contributed by atoms with Crippen molar-refractivity contribution in [3.8, 4) is 0 Å². The van der Waals surface area contributed by atoms with E-state index in [0.29, 0.717) is 17.8 Å². The van der Waals surface area contributed by atoms with Crippen LogP contribution in [0.25, 0.3) is 0 Å². The molecule has 0 amide bonds. The van der Waals surface area contributed by atoms with Crippen molar-refractivity contribution in [1.82, 2.24) is 4.72 Å². The van der Waals surface area contributed by atoms with Crippen molar-refractivity contribution in [2.45, 2.75) is 30.9 Å². The lowest BCUT2D eigenvalue weighted by atomic mass is 10.2. The van der Waals surface area contributed by atoms with Crippen LogP contribution in [0.1, 0.15) is 45.4 Å². The summed E-state index contributed by atoms with van der Waals surface area (Å²) in [5.41, 5.74) is 0.108. The Hall–Kier alpha value is -1.45. The molecule has 0 fully saturated rings. The minimum absolute atomic E-state index is 0.0683. The highest BCUT2D eigenvalue weighted by Gasteiger charge is 2.32. The van der Waals surface area contributed by atoms with Gasteiger partial charge in [0.2, 0.25) is 0 Å². The standard InChI is InChI=1S/C13H19NO6S2/c1-5-6-7-14-22(17,18)13-9(11(15)19-3)8(2)10(21-13)12(16)20-4/h14H,5-7H2,1-4H3. The molecule has 0 aliphatic rings. The molecule has 0 radical (unpaired) electrons. The van der Waals surface area contributed by atoms with Crippen LogP contribution in [0, 0.1) is 6.92 Å². The molecule has 1 aromatic heterocycles. The topological polar surface area (TPSA) is 98.8 Å². The first-order valence-corrected chi connectivity index (χ1v) is 8.89. The number of hydrogen-bond donors (Lipinski definition) is 1. The molecule has 9 heteroatoms. The largest absolute Gasteiger partial charge is 0.465 e. The quantitative estimate of drug-likeness (QED) is 0.594. The maximum atomic E-state index is 12.4. The van der Waals surface area contributed by atoms with Crippen molar-refractivity contribution >= 4 is 33.3 Å². The van der Waals surface area contributed by atoms with Gasteiger partial charge in [-0.25, -0.2) is 22.7 Å². The maximum absolute atomic E-state index is 12.4. The van der Waals surface area contributed by atoms with Crippen molar-refractivity contribution < 1.29 is 27.5 Å². The molecule has 0 saturated heterocycles. The van der Waals surface area contributed by atoms with Crippen molar-refractivity contribution in [2.75, 3.05) is 20.8 Å². The molecule has 0 spiro atoms. The summed E-state index contributed by atoms with van der Waals surface area (Å²) >= 11 is 0.702. The van der Waals surface area contributed by atoms with Gasteiger partial charge in [0.1, 0.15) is 4.88 Å². The van der Waals surface area contributed by atoms with Crippen LogP contribution in [0.15, 0.2) is 4.21 Å². The normalized spacial score (nSPS) is 11.3. The molecule has 0 aromatic carbocycles. The van der Waals surface area contributed by atoms with E-state index in [1.165, 1.54) is 14.0 Å². The van der Waals surface area contributed by atoms with E-state index in [9.17, 15) is 18.0 Å². The van der Waals surface area contributed by atoms with Gasteiger partial charge in [0, 0.05) is 6.54 Å². The third-order valence-corrected chi connectivity index (χ3v) is 6.19. The van der Waals surface area contributed by atoms with Gasteiger partial charge in [-0.2, -0.15) is 0 Å². The van der Waals surface area contributed by atoms with Crippen molar-refractivity contribution in [2.24, 2.45) is 0 Å². The summed E-state index contributed by atoms with van der Waals surface area (Å²) in [4.78, 5) is 23.7. The van der Waals surface area contributed by atoms with Crippen molar-refractivity contribution in [1.29, 1.82) is 0 Å². The number of rotatable bonds is 7. The van der Waals surface area contributed by atoms with E-state index in [-0.39, 0.29) is 26.8 Å². The zero-order valence-electron chi connectivity index (χ0n) is 12.9. The lowest BCUT2D eigenvalue weighted by Crippen LogP contribution is -2.25.